The SMILES string of the molecule is Brc1ccc(-c2nc3cc(Br)cnc3nc2-c2ccc(Br)cc2)cc1. The third-order valence-corrected chi connectivity index (χ3v) is 5.21. The summed E-state index contributed by atoms with van der Waals surface area (Å²) in [6.45, 7) is 0. The molecule has 0 saturated heterocycles. The highest BCUT2D eigenvalue weighted by molar-refractivity contribution is 9.11. The van der Waals surface area contributed by atoms with E-state index in [4.69, 9.17) is 9.97 Å². The Morgan fingerprint density at radius 3 is 1.68 bits per heavy atom. The van der Waals surface area contributed by atoms with Crippen molar-refractivity contribution in [3.63, 3.8) is 0 Å². The van der Waals surface area contributed by atoms with E-state index in [0.29, 0.717) is 5.65 Å². The number of nitrogens with zero attached hydrogens (tertiary/aromatic N) is 3. The van der Waals surface area contributed by atoms with Crippen LogP contribution in [0.4, 0.5) is 0 Å². The molecule has 0 unspecified atom stereocenters. The van der Waals surface area contributed by atoms with Gasteiger partial charge in [-0.1, -0.05) is 56.1 Å². The lowest BCUT2D eigenvalue weighted by Gasteiger charge is -2.10. The second-order valence-electron chi connectivity index (χ2n) is 5.43. The molecule has 2 aromatic heterocycles. The minimum absolute atomic E-state index is 0.627. The van der Waals surface area contributed by atoms with Crippen LogP contribution in [0, 0.1) is 0 Å². The average molecular weight is 520 g/mol. The molecule has 3 nitrogen and oxygen atoms in total. The number of fused-ring (bicyclic) bond motifs is 1. The molecule has 25 heavy (non-hydrogen) atoms. The van der Waals surface area contributed by atoms with E-state index >= 15 is 0 Å². The molecule has 0 spiro atoms. The van der Waals surface area contributed by atoms with E-state index in [1.54, 1.807) is 6.20 Å². The lowest BCUT2D eigenvalue weighted by molar-refractivity contribution is 1.22. The standard InChI is InChI=1S/C19H10Br3N3/c20-13-5-1-11(2-6-13)17-18(12-3-7-14(21)8-4-12)25-19-16(24-17)9-15(22)10-23-19/h1-10H. The van der Waals surface area contributed by atoms with E-state index in [9.17, 15) is 0 Å². The highest BCUT2D eigenvalue weighted by atomic mass is 79.9. The maximum atomic E-state index is 4.85. The van der Waals surface area contributed by atoms with Gasteiger partial charge in [0.25, 0.3) is 0 Å². The molecular weight excluding hydrogens is 510 g/mol. The fourth-order valence-electron chi connectivity index (χ4n) is 2.54. The quantitative estimate of drug-likeness (QED) is 0.298. The van der Waals surface area contributed by atoms with Gasteiger partial charge in [-0.25, -0.2) is 15.0 Å². The zero-order chi connectivity index (χ0) is 17.4. The Morgan fingerprint density at radius 2 is 1.12 bits per heavy atom. The minimum Gasteiger partial charge on any atom is -0.242 e. The first-order valence-electron chi connectivity index (χ1n) is 7.45. The summed E-state index contributed by atoms with van der Waals surface area (Å²) in [7, 11) is 0. The van der Waals surface area contributed by atoms with Crippen LogP contribution in [0.2, 0.25) is 0 Å². The largest absolute Gasteiger partial charge is 0.242 e. The van der Waals surface area contributed by atoms with Crippen molar-refractivity contribution in [2.45, 2.75) is 0 Å². The summed E-state index contributed by atoms with van der Waals surface area (Å²) in [4.78, 5) is 14.0. The molecule has 0 saturated carbocycles. The van der Waals surface area contributed by atoms with Crippen molar-refractivity contribution >= 4 is 59.0 Å². The molecule has 0 radical (unpaired) electrons. The molecule has 0 fully saturated rings. The van der Waals surface area contributed by atoms with E-state index in [1.807, 2.05) is 54.6 Å². The van der Waals surface area contributed by atoms with Crippen LogP contribution >= 0.6 is 47.8 Å². The Kier molecular flexibility index (Phi) is 4.67. The van der Waals surface area contributed by atoms with Gasteiger partial charge in [0.1, 0.15) is 5.52 Å². The molecule has 4 rings (SSSR count). The van der Waals surface area contributed by atoms with Gasteiger partial charge in [0.05, 0.1) is 11.4 Å². The minimum atomic E-state index is 0.627. The van der Waals surface area contributed by atoms with Crippen molar-refractivity contribution in [2.24, 2.45) is 0 Å². The first-order chi connectivity index (χ1) is 12.1. The van der Waals surface area contributed by atoms with E-state index in [0.717, 1.165) is 41.4 Å². The van der Waals surface area contributed by atoms with Gasteiger partial charge in [-0.05, 0) is 46.3 Å². The molecule has 0 aliphatic carbocycles. The van der Waals surface area contributed by atoms with Crippen LogP contribution in [0.15, 0.2) is 74.2 Å². The molecular formula is C19H10Br3N3. The average Bonchev–Trinajstić information content (AvgIpc) is 2.62. The van der Waals surface area contributed by atoms with Crippen molar-refractivity contribution < 1.29 is 0 Å². The van der Waals surface area contributed by atoms with Crippen LogP contribution in [0.1, 0.15) is 0 Å². The predicted molar refractivity (Wildman–Crippen MR) is 111 cm³/mol. The van der Waals surface area contributed by atoms with E-state index in [2.05, 4.69) is 52.8 Å². The van der Waals surface area contributed by atoms with E-state index < -0.39 is 0 Å². The Labute approximate surface area is 169 Å². The summed E-state index contributed by atoms with van der Waals surface area (Å²) in [5.41, 5.74) is 5.05. The van der Waals surface area contributed by atoms with Crippen molar-refractivity contribution in [3.05, 3.63) is 74.2 Å². The second kappa shape index (κ2) is 6.94. The summed E-state index contributed by atoms with van der Waals surface area (Å²) in [5.74, 6) is 0. The summed E-state index contributed by atoms with van der Waals surface area (Å²) in [6.07, 6.45) is 1.74. The third kappa shape index (κ3) is 3.52. The lowest BCUT2D eigenvalue weighted by atomic mass is 10.0. The first-order valence-corrected chi connectivity index (χ1v) is 9.83. The van der Waals surface area contributed by atoms with Gasteiger partial charge in [-0.3, -0.25) is 0 Å². The lowest BCUT2D eigenvalue weighted by Crippen LogP contribution is -1.97. The Morgan fingerprint density at radius 1 is 0.600 bits per heavy atom. The summed E-state index contributed by atoms with van der Waals surface area (Å²) >= 11 is 10.4. The van der Waals surface area contributed by atoms with Gasteiger partial charge in [0, 0.05) is 30.7 Å². The number of aromatic nitrogens is 3. The zero-order valence-corrected chi connectivity index (χ0v) is 17.5. The third-order valence-electron chi connectivity index (χ3n) is 3.72. The van der Waals surface area contributed by atoms with Crippen LogP contribution in [0.25, 0.3) is 33.7 Å². The fraction of sp³-hybridized carbons (Fsp3) is 0. The smallest absolute Gasteiger partial charge is 0.178 e. The van der Waals surface area contributed by atoms with Crippen molar-refractivity contribution in [1.29, 1.82) is 0 Å². The van der Waals surface area contributed by atoms with Gasteiger partial charge in [-0.15, -0.1) is 0 Å². The Hall–Kier alpha value is -1.63. The topological polar surface area (TPSA) is 38.7 Å². The Balaban J connectivity index is 2.01. The first kappa shape index (κ1) is 16.8. The van der Waals surface area contributed by atoms with Gasteiger partial charge in [0.2, 0.25) is 0 Å². The molecule has 0 aliphatic rings. The number of pyridine rings is 1. The molecule has 0 atom stereocenters. The normalized spacial score (nSPS) is 11.0. The number of hydrogen-bond donors (Lipinski definition) is 0. The highest BCUT2D eigenvalue weighted by Gasteiger charge is 2.14. The van der Waals surface area contributed by atoms with E-state index in [-0.39, 0.29) is 0 Å². The Bertz CT molecular complexity index is 1060. The number of hydrogen-bond acceptors (Lipinski definition) is 3. The second-order valence-corrected chi connectivity index (χ2v) is 8.18. The van der Waals surface area contributed by atoms with E-state index in [1.165, 1.54) is 0 Å². The van der Waals surface area contributed by atoms with Gasteiger partial charge in [-0.2, -0.15) is 0 Å². The van der Waals surface area contributed by atoms with Crippen molar-refractivity contribution in [3.8, 4) is 22.5 Å². The number of halogens is 3. The summed E-state index contributed by atoms with van der Waals surface area (Å²) in [6, 6.07) is 18.1. The molecule has 0 N–H and O–H groups in total. The molecule has 2 aromatic carbocycles. The monoisotopic (exact) mass is 517 g/mol. The predicted octanol–water partition coefficient (Wildman–Crippen LogP) is 6.65. The maximum absolute atomic E-state index is 4.85. The molecule has 0 amide bonds. The summed E-state index contributed by atoms with van der Waals surface area (Å²) < 4.78 is 2.93. The van der Waals surface area contributed by atoms with Crippen LogP contribution in [0.3, 0.4) is 0 Å². The maximum Gasteiger partial charge on any atom is 0.178 e. The van der Waals surface area contributed by atoms with Gasteiger partial charge >= 0.3 is 0 Å². The van der Waals surface area contributed by atoms with Crippen LogP contribution in [-0.2, 0) is 0 Å². The number of rotatable bonds is 2. The molecule has 0 aliphatic heterocycles. The van der Waals surface area contributed by atoms with Gasteiger partial charge in [0.15, 0.2) is 5.65 Å². The molecule has 0 bridgehead atoms. The summed E-state index contributed by atoms with van der Waals surface area (Å²) in [5, 5.41) is 0. The zero-order valence-electron chi connectivity index (χ0n) is 12.7. The fourth-order valence-corrected chi connectivity index (χ4v) is 3.39. The molecule has 2 heterocycles. The van der Waals surface area contributed by atoms with Crippen LogP contribution in [-0.4, -0.2) is 15.0 Å². The van der Waals surface area contributed by atoms with Crippen molar-refractivity contribution in [1.82, 2.24) is 15.0 Å². The van der Waals surface area contributed by atoms with Crippen LogP contribution in [0.5, 0.6) is 0 Å². The molecule has 6 heteroatoms. The molecule has 4 aromatic rings. The number of benzene rings is 2. The van der Waals surface area contributed by atoms with Crippen molar-refractivity contribution in [2.75, 3.05) is 0 Å². The van der Waals surface area contributed by atoms with Gasteiger partial charge < -0.3 is 0 Å². The van der Waals surface area contributed by atoms with Crippen LogP contribution < -0.4 is 0 Å². The highest BCUT2D eigenvalue weighted by Crippen LogP contribution is 2.32. The molecule has 122 valence electrons.